The van der Waals surface area contributed by atoms with E-state index in [1.807, 2.05) is 0 Å². The number of ether oxygens (including phenoxy) is 1. The standard InChI is InChI=1S/C18H29NO/c1-4-15-6-8-16(9-7-15)17(5-2)19-14-18(3)10-12-20-13-11-18/h6-9,17,19H,4-5,10-14H2,1-3H3. The van der Waals surface area contributed by atoms with Crippen LogP contribution in [0.4, 0.5) is 0 Å². The van der Waals surface area contributed by atoms with E-state index in [1.54, 1.807) is 0 Å². The molecule has 0 aliphatic carbocycles. The first-order chi connectivity index (χ1) is 9.67. The van der Waals surface area contributed by atoms with Gasteiger partial charge in [-0.1, -0.05) is 45.0 Å². The molecule has 0 amide bonds. The van der Waals surface area contributed by atoms with Crippen LogP contribution in [0.3, 0.4) is 0 Å². The van der Waals surface area contributed by atoms with Gasteiger partial charge in [0.1, 0.15) is 0 Å². The van der Waals surface area contributed by atoms with Crippen molar-refractivity contribution in [2.75, 3.05) is 19.8 Å². The molecule has 1 atom stereocenters. The first-order valence-corrected chi connectivity index (χ1v) is 8.07. The zero-order valence-electron chi connectivity index (χ0n) is 13.2. The Balaban J connectivity index is 1.94. The number of nitrogens with one attached hydrogen (secondary N) is 1. The van der Waals surface area contributed by atoms with Crippen LogP contribution < -0.4 is 5.32 Å². The first kappa shape index (κ1) is 15.5. The van der Waals surface area contributed by atoms with Gasteiger partial charge in [0.2, 0.25) is 0 Å². The van der Waals surface area contributed by atoms with Crippen LogP contribution in [0.1, 0.15) is 57.2 Å². The van der Waals surface area contributed by atoms with Crippen LogP contribution in [0.5, 0.6) is 0 Å². The third-order valence-corrected chi connectivity index (χ3v) is 4.67. The van der Waals surface area contributed by atoms with Crippen LogP contribution in [0, 0.1) is 5.41 Å². The normalized spacial score (nSPS) is 19.8. The summed E-state index contributed by atoms with van der Waals surface area (Å²) in [4.78, 5) is 0. The van der Waals surface area contributed by atoms with Gasteiger partial charge in [0.25, 0.3) is 0 Å². The number of benzene rings is 1. The molecule has 2 heteroatoms. The molecule has 1 heterocycles. The molecular formula is C18H29NO. The maximum absolute atomic E-state index is 5.48. The smallest absolute Gasteiger partial charge is 0.0471 e. The third kappa shape index (κ3) is 4.07. The highest BCUT2D eigenvalue weighted by atomic mass is 16.5. The molecule has 0 radical (unpaired) electrons. The Hall–Kier alpha value is -0.860. The lowest BCUT2D eigenvalue weighted by Crippen LogP contribution is -2.38. The molecule has 112 valence electrons. The van der Waals surface area contributed by atoms with E-state index in [9.17, 15) is 0 Å². The van der Waals surface area contributed by atoms with E-state index in [4.69, 9.17) is 4.74 Å². The fourth-order valence-electron chi connectivity index (χ4n) is 2.89. The van der Waals surface area contributed by atoms with E-state index in [2.05, 4.69) is 50.4 Å². The zero-order valence-corrected chi connectivity index (χ0v) is 13.2. The largest absolute Gasteiger partial charge is 0.381 e. The van der Waals surface area contributed by atoms with Gasteiger partial charge in [-0.15, -0.1) is 0 Å². The molecule has 20 heavy (non-hydrogen) atoms. The van der Waals surface area contributed by atoms with Gasteiger partial charge in [-0.05, 0) is 42.2 Å². The average Bonchev–Trinajstić information content (AvgIpc) is 2.49. The molecular weight excluding hydrogens is 246 g/mol. The minimum atomic E-state index is 0.398. The lowest BCUT2D eigenvalue weighted by Gasteiger charge is -2.35. The van der Waals surface area contributed by atoms with Crippen LogP contribution in [0.25, 0.3) is 0 Å². The van der Waals surface area contributed by atoms with Crippen molar-refractivity contribution in [3.8, 4) is 0 Å². The van der Waals surface area contributed by atoms with E-state index in [0.29, 0.717) is 11.5 Å². The van der Waals surface area contributed by atoms with Crippen molar-refractivity contribution in [3.63, 3.8) is 0 Å². The molecule has 1 aliphatic heterocycles. The van der Waals surface area contributed by atoms with Gasteiger partial charge in [-0.3, -0.25) is 0 Å². The Morgan fingerprint density at radius 1 is 1.15 bits per heavy atom. The number of hydrogen-bond donors (Lipinski definition) is 1. The number of hydrogen-bond acceptors (Lipinski definition) is 2. The van der Waals surface area contributed by atoms with Crippen molar-refractivity contribution in [3.05, 3.63) is 35.4 Å². The number of aryl methyl sites for hydroxylation is 1. The fraction of sp³-hybridized carbons (Fsp3) is 0.667. The van der Waals surface area contributed by atoms with Gasteiger partial charge in [-0.2, -0.15) is 0 Å². The minimum absolute atomic E-state index is 0.398. The summed E-state index contributed by atoms with van der Waals surface area (Å²) in [7, 11) is 0. The Morgan fingerprint density at radius 2 is 1.80 bits per heavy atom. The highest BCUT2D eigenvalue weighted by molar-refractivity contribution is 5.25. The van der Waals surface area contributed by atoms with Crippen molar-refractivity contribution < 1.29 is 4.74 Å². The van der Waals surface area contributed by atoms with Crippen molar-refractivity contribution in [2.45, 2.75) is 52.5 Å². The second-order valence-electron chi connectivity index (χ2n) is 6.36. The summed E-state index contributed by atoms with van der Waals surface area (Å²) < 4.78 is 5.48. The molecule has 1 saturated heterocycles. The lowest BCUT2D eigenvalue weighted by molar-refractivity contribution is 0.0228. The van der Waals surface area contributed by atoms with E-state index in [0.717, 1.165) is 32.6 Å². The second kappa shape index (κ2) is 7.24. The van der Waals surface area contributed by atoms with E-state index in [-0.39, 0.29) is 0 Å². The van der Waals surface area contributed by atoms with Gasteiger partial charge in [0.05, 0.1) is 0 Å². The Morgan fingerprint density at radius 3 is 2.35 bits per heavy atom. The summed E-state index contributed by atoms with van der Waals surface area (Å²) in [5.74, 6) is 0. The molecule has 1 unspecified atom stereocenters. The van der Waals surface area contributed by atoms with Crippen molar-refractivity contribution in [1.29, 1.82) is 0 Å². The second-order valence-corrected chi connectivity index (χ2v) is 6.36. The van der Waals surface area contributed by atoms with Gasteiger partial charge in [0.15, 0.2) is 0 Å². The molecule has 1 aromatic carbocycles. The molecule has 1 aliphatic rings. The van der Waals surface area contributed by atoms with Crippen molar-refractivity contribution in [2.24, 2.45) is 5.41 Å². The summed E-state index contributed by atoms with van der Waals surface area (Å²) in [5.41, 5.74) is 3.23. The molecule has 1 fully saturated rings. The molecule has 0 aromatic heterocycles. The van der Waals surface area contributed by atoms with Crippen molar-refractivity contribution >= 4 is 0 Å². The van der Waals surface area contributed by atoms with E-state index < -0.39 is 0 Å². The third-order valence-electron chi connectivity index (χ3n) is 4.67. The number of rotatable bonds is 6. The quantitative estimate of drug-likeness (QED) is 0.843. The van der Waals surface area contributed by atoms with Crippen LogP contribution in [0.2, 0.25) is 0 Å². The monoisotopic (exact) mass is 275 g/mol. The Labute approximate surface area is 123 Å². The summed E-state index contributed by atoms with van der Waals surface area (Å²) in [6, 6.07) is 9.56. The van der Waals surface area contributed by atoms with Gasteiger partial charge < -0.3 is 10.1 Å². The molecule has 2 nitrogen and oxygen atoms in total. The fourth-order valence-corrected chi connectivity index (χ4v) is 2.89. The van der Waals surface area contributed by atoms with Crippen LogP contribution in [-0.4, -0.2) is 19.8 Å². The van der Waals surface area contributed by atoms with Crippen LogP contribution >= 0.6 is 0 Å². The Kier molecular flexibility index (Phi) is 5.62. The summed E-state index contributed by atoms with van der Waals surface area (Å²) in [6.45, 7) is 9.77. The Bertz CT molecular complexity index is 392. The first-order valence-electron chi connectivity index (χ1n) is 8.07. The molecule has 2 rings (SSSR count). The predicted molar refractivity (Wildman–Crippen MR) is 85.0 cm³/mol. The van der Waals surface area contributed by atoms with Crippen LogP contribution in [0.15, 0.2) is 24.3 Å². The molecule has 1 aromatic rings. The minimum Gasteiger partial charge on any atom is -0.381 e. The average molecular weight is 275 g/mol. The SMILES string of the molecule is CCc1ccc(C(CC)NCC2(C)CCOCC2)cc1. The molecule has 0 bridgehead atoms. The highest BCUT2D eigenvalue weighted by Gasteiger charge is 2.27. The molecule has 0 spiro atoms. The van der Waals surface area contributed by atoms with Crippen LogP contribution in [-0.2, 0) is 11.2 Å². The van der Waals surface area contributed by atoms with E-state index in [1.165, 1.54) is 24.0 Å². The van der Waals surface area contributed by atoms with Gasteiger partial charge in [0, 0.05) is 25.8 Å². The summed E-state index contributed by atoms with van der Waals surface area (Å²) >= 11 is 0. The van der Waals surface area contributed by atoms with Gasteiger partial charge >= 0.3 is 0 Å². The highest BCUT2D eigenvalue weighted by Crippen LogP contribution is 2.30. The topological polar surface area (TPSA) is 21.3 Å². The predicted octanol–water partition coefficient (Wildman–Crippen LogP) is 4.11. The zero-order chi connectivity index (χ0) is 14.4. The summed E-state index contributed by atoms with van der Waals surface area (Å²) in [5, 5.41) is 3.78. The maximum Gasteiger partial charge on any atom is 0.0471 e. The molecule has 1 N–H and O–H groups in total. The van der Waals surface area contributed by atoms with Gasteiger partial charge in [-0.25, -0.2) is 0 Å². The maximum atomic E-state index is 5.48. The molecule has 0 saturated carbocycles. The van der Waals surface area contributed by atoms with Crippen molar-refractivity contribution in [1.82, 2.24) is 5.32 Å². The lowest BCUT2D eigenvalue weighted by atomic mass is 9.82. The summed E-state index contributed by atoms with van der Waals surface area (Å²) in [6.07, 6.45) is 4.59. The van der Waals surface area contributed by atoms with E-state index >= 15 is 0 Å².